The van der Waals surface area contributed by atoms with E-state index in [1.54, 1.807) is 12.1 Å². The molecular formula is C21H23N3O5. The minimum Gasteiger partial charge on any atom is -0.451 e. The highest BCUT2D eigenvalue weighted by Crippen LogP contribution is 2.24. The molecule has 1 saturated carbocycles. The Morgan fingerprint density at radius 3 is 2.83 bits per heavy atom. The van der Waals surface area contributed by atoms with Crippen LogP contribution in [0, 0.1) is 0 Å². The van der Waals surface area contributed by atoms with Gasteiger partial charge in [-0.05, 0) is 31.9 Å². The number of hydrogen-bond donors (Lipinski definition) is 1. The number of hydrogen-bond acceptors (Lipinski definition) is 6. The van der Waals surface area contributed by atoms with E-state index >= 15 is 0 Å². The number of nitrogens with one attached hydrogen (secondary N) is 1. The SMILES string of the molecule is CC(OC(=O)Cn1cnc2c(oc3ccccc32)c1=O)C(=O)NC1CCCCC1. The van der Waals surface area contributed by atoms with Crippen molar-refractivity contribution in [3.63, 3.8) is 0 Å². The molecular weight excluding hydrogens is 374 g/mol. The number of esters is 1. The maximum absolute atomic E-state index is 12.7. The van der Waals surface area contributed by atoms with Crippen molar-refractivity contribution in [1.29, 1.82) is 0 Å². The lowest BCUT2D eigenvalue weighted by molar-refractivity contribution is -0.155. The third-order valence-electron chi connectivity index (χ3n) is 5.28. The van der Waals surface area contributed by atoms with E-state index in [2.05, 4.69) is 10.3 Å². The molecule has 29 heavy (non-hydrogen) atoms. The number of fused-ring (bicyclic) bond motifs is 3. The van der Waals surface area contributed by atoms with Gasteiger partial charge in [0.05, 0.1) is 6.33 Å². The third-order valence-corrected chi connectivity index (χ3v) is 5.28. The van der Waals surface area contributed by atoms with Crippen LogP contribution in [0.1, 0.15) is 39.0 Å². The van der Waals surface area contributed by atoms with Crippen LogP contribution in [0.4, 0.5) is 0 Å². The van der Waals surface area contributed by atoms with Crippen molar-refractivity contribution in [2.24, 2.45) is 0 Å². The average Bonchev–Trinajstić information content (AvgIpc) is 3.10. The Morgan fingerprint density at radius 1 is 1.28 bits per heavy atom. The number of amides is 1. The first-order valence-electron chi connectivity index (χ1n) is 9.89. The molecule has 1 aliphatic rings. The first-order chi connectivity index (χ1) is 14.0. The molecule has 8 heteroatoms. The summed E-state index contributed by atoms with van der Waals surface area (Å²) in [6.07, 6.45) is 5.65. The van der Waals surface area contributed by atoms with E-state index in [9.17, 15) is 14.4 Å². The zero-order chi connectivity index (χ0) is 20.4. The summed E-state index contributed by atoms with van der Waals surface area (Å²) >= 11 is 0. The van der Waals surface area contributed by atoms with Gasteiger partial charge in [-0.15, -0.1) is 0 Å². The quantitative estimate of drug-likeness (QED) is 0.664. The van der Waals surface area contributed by atoms with E-state index in [4.69, 9.17) is 9.15 Å². The van der Waals surface area contributed by atoms with E-state index in [1.165, 1.54) is 19.7 Å². The largest absolute Gasteiger partial charge is 0.451 e. The molecule has 1 aromatic carbocycles. The van der Waals surface area contributed by atoms with Crippen molar-refractivity contribution < 1.29 is 18.7 Å². The van der Waals surface area contributed by atoms with E-state index in [-0.39, 0.29) is 24.1 Å². The van der Waals surface area contributed by atoms with Crippen LogP contribution in [0.15, 0.2) is 39.8 Å². The normalized spacial score (nSPS) is 16.0. The second kappa shape index (κ2) is 8.06. The molecule has 8 nitrogen and oxygen atoms in total. The molecule has 1 N–H and O–H groups in total. The fraction of sp³-hybridized carbons (Fsp3) is 0.429. The Labute approximate surface area is 166 Å². The van der Waals surface area contributed by atoms with Crippen molar-refractivity contribution in [1.82, 2.24) is 14.9 Å². The van der Waals surface area contributed by atoms with Gasteiger partial charge in [0.1, 0.15) is 17.6 Å². The van der Waals surface area contributed by atoms with Crippen molar-refractivity contribution in [2.75, 3.05) is 0 Å². The van der Waals surface area contributed by atoms with Crippen molar-refractivity contribution >= 4 is 33.9 Å². The predicted molar refractivity (Wildman–Crippen MR) is 106 cm³/mol. The molecule has 4 rings (SSSR count). The molecule has 1 atom stereocenters. The van der Waals surface area contributed by atoms with Gasteiger partial charge < -0.3 is 14.5 Å². The van der Waals surface area contributed by atoms with Gasteiger partial charge in [0.25, 0.3) is 11.5 Å². The molecule has 0 radical (unpaired) electrons. The second-order valence-corrected chi connectivity index (χ2v) is 7.43. The first kappa shape index (κ1) is 19.2. The number of ether oxygens (including phenoxy) is 1. The minimum atomic E-state index is -0.928. The number of furan rings is 1. The van der Waals surface area contributed by atoms with Crippen LogP contribution in [-0.4, -0.2) is 33.6 Å². The van der Waals surface area contributed by atoms with Crippen LogP contribution in [0.3, 0.4) is 0 Å². The number of carbonyl (C=O) groups is 2. The fourth-order valence-corrected chi connectivity index (χ4v) is 3.72. The summed E-state index contributed by atoms with van der Waals surface area (Å²) in [5.74, 6) is -1.00. The van der Waals surface area contributed by atoms with Gasteiger partial charge in [-0.25, -0.2) is 4.98 Å². The lowest BCUT2D eigenvalue weighted by atomic mass is 9.95. The van der Waals surface area contributed by atoms with E-state index in [0.717, 1.165) is 35.6 Å². The van der Waals surface area contributed by atoms with Gasteiger partial charge >= 0.3 is 5.97 Å². The van der Waals surface area contributed by atoms with Crippen LogP contribution < -0.4 is 10.9 Å². The highest BCUT2D eigenvalue weighted by Gasteiger charge is 2.23. The lowest BCUT2D eigenvalue weighted by Gasteiger charge is -2.24. The van der Waals surface area contributed by atoms with Gasteiger partial charge in [-0.2, -0.15) is 0 Å². The van der Waals surface area contributed by atoms with Crippen LogP contribution >= 0.6 is 0 Å². The van der Waals surface area contributed by atoms with Crippen LogP contribution in [0.5, 0.6) is 0 Å². The third kappa shape index (κ3) is 4.01. The molecule has 2 aromatic heterocycles. The average molecular weight is 397 g/mol. The highest BCUT2D eigenvalue weighted by molar-refractivity contribution is 6.01. The summed E-state index contributed by atoms with van der Waals surface area (Å²) in [5, 5.41) is 3.66. The fourth-order valence-electron chi connectivity index (χ4n) is 3.72. The molecule has 152 valence electrons. The van der Waals surface area contributed by atoms with Crippen LogP contribution in [0.2, 0.25) is 0 Å². The molecule has 3 aromatic rings. The van der Waals surface area contributed by atoms with E-state index in [0.29, 0.717) is 11.1 Å². The number of carbonyl (C=O) groups excluding carboxylic acids is 2. The summed E-state index contributed by atoms with van der Waals surface area (Å²) in [6, 6.07) is 7.35. The predicted octanol–water partition coefficient (Wildman–Crippen LogP) is 2.52. The first-order valence-corrected chi connectivity index (χ1v) is 9.89. The van der Waals surface area contributed by atoms with Gasteiger partial charge in [0.15, 0.2) is 6.10 Å². The molecule has 2 heterocycles. The number of para-hydroxylation sites is 1. The van der Waals surface area contributed by atoms with E-state index in [1.807, 2.05) is 12.1 Å². The molecule has 1 fully saturated rings. The van der Waals surface area contributed by atoms with Gasteiger partial charge in [-0.3, -0.25) is 19.0 Å². The summed E-state index contributed by atoms with van der Waals surface area (Å²) in [7, 11) is 0. The highest BCUT2D eigenvalue weighted by atomic mass is 16.5. The zero-order valence-corrected chi connectivity index (χ0v) is 16.2. The Kier molecular flexibility index (Phi) is 5.33. The summed E-state index contributed by atoms with van der Waals surface area (Å²) in [5.41, 5.74) is 0.628. The smallest absolute Gasteiger partial charge is 0.326 e. The number of benzene rings is 1. The molecule has 0 bridgehead atoms. The zero-order valence-electron chi connectivity index (χ0n) is 16.2. The van der Waals surface area contributed by atoms with Gasteiger partial charge in [0.2, 0.25) is 5.58 Å². The topological polar surface area (TPSA) is 103 Å². The number of nitrogens with zero attached hydrogens (tertiary/aromatic N) is 2. The molecule has 1 unspecified atom stereocenters. The lowest BCUT2D eigenvalue weighted by Crippen LogP contribution is -2.43. The summed E-state index contributed by atoms with van der Waals surface area (Å²) in [4.78, 5) is 41.4. The minimum absolute atomic E-state index is 0.0876. The number of aromatic nitrogens is 2. The van der Waals surface area contributed by atoms with Crippen molar-refractivity contribution in [3.8, 4) is 0 Å². The molecule has 0 aliphatic heterocycles. The van der Waals surface area contributed by atoms with Gasteiger partial charge in [0, 0.05) is 11.4 Å². The van der Waals surface area contributed by atoms with Crippen molar-refractivity contribution in [2.45, 2.75) is 57.7 Å². The summed E-state index contributed by atoms with van der Waals surface area (Å²) in [6.45, 7) is 1.18. The van der Waals surface area contributed by atoms with Crippen LogP contribution in [0.25, 0.3) is 22.1 Å². The Bertz CT molecular complexity index is 1110. The Hall–Kier alpha value is -3.16. The van der Waals surface area contributed by atoms with Crippen molar-refractivity contribution in [3.05, 3.63) is 40.9 Å². The van der Waals surface area contributed by atoms with Crippen LogP contribution in [-0.2, 0) is 20.9 Å². The standard InChI is InChI=1S/C21H23N3O5/c1-13(20(26)23-14-7-3-2-4-8-14)28-17(25)11-24-12-22-18-15-9-5-6-10-16(15)29-19(18)21(24)27/h5-6,9-10,12-14H,2-4,7-8,11H2,1H3,(H,23,26). The molecule has 0 spiro atoms. The maximum Gasteiger partial charge on any atom is 0.326 e. The molecule has 1 aliphatic carbocycles. The summed E-state index contributed by atoms with van der Waals surface area (Å²) < 4.78 is 11.9. The second-order valence-electron chi connectivity index (χ2n) is 7.43. The monoisotopic (exact) mass is 397 g/mol. The Morgan fingerprint density at radius 2 is 2.03 bits per heavy atom. The molecule has 1 amide bonds. The molecule has 0 saturated heterocycles. The number of rotatable bonds is 5. The van der Waals surface area contributed by atoms with Gasteiger partial charge in [-0.1, -0.05) is 31.4 Å². The maximum atomic E-state index is 12.7. The Balaban J connectivity index is 1.43. The van der Waals surface area contributed by atoms with E-state index < -0.39 is 17.6 Å².